The lowest BCUT2D eigenvalue weighted by atomic mass is 9.69. The highest BCUT2D eigenvalue weighted by atomic mass is 31.2. The van der Waals surface area contributed by atoms with Gasteiger partial charge in [-0.05, 0) is 169 Å². The third-order valence-electron chi connectivity index (χ3n) is 22.3. The predicted molar refractivity (Wildman–Crippen MR) is 492 cm³/mol. The molecule has 2 aliphatic heterocycles. The largest absolute Gasteiger partial charge is 0.481 e. The molecule has 8 atom stereocenters. The van der Waals surface area contributed by atoms with Gasteiger partial charge >= 0.3 is 38.9 Å². The summed E-state index contributed by atoms with van der Waals surface area (Å²) >= 11 is 0. The van der Waals surface area contributed by atoms with Crippen molar-refractivity contribution in [3.05, 3.63) is 192 Å². The van der Waals surface area contributed by atoms with Gasteiger partial charge in [0, 0.05) is 87.4 Å². The van der Waals surface area contributed by atoms with Crippen LogP contribution in [0.1, 0.15) is 210 Å². The normalized spacial score (nSPS) is 19.6. The Hall–Kier alpha value is -9.00. The minimum atomic E-state index is -3.90. The van der Waals surface area contributed by atoms with Crippen LogP contribution in [0, 0.1) is 33.3 Å². The van der Waals surface area contributed by atoms with E-state index in [0.29, 0.717) is 58.9 Å². The molecule has 126 heavy (non-hydrogen) atoms. The molecular weight excluding hydrogens is 1660 g/mol. The number of carboxylic acids is 1. The maximum Gasteiger partial charge on any atom is 0.354 e. The number of pyridine rings is 2. The Morgan fingerprint density at radius 3 is 1.21 bits per heavy atom. The van der Waals surface area contributed by atoms with E-state index in [2.05, 4.69) is 83.5 Å². The molecule has 0 spiro atoms. The second-order valence-electron chi connectivity index (χ2n) is 39.4. The van der Waals surface area contributed by atoms with Crippen molar-refractivity contribution in [2.75, 3.05) is 19.3 Å². The van der Waals surface area contributed by atoms with Crippen molar-refractivity contribution in [1.29, 1.82) is 0 Å². The number of carboxylic acid groups (broad SMARTS) is 1. The average Bonchev–Trinajstić information content (AvgIpc) is 1.31. The number of benzene rings is 6. The Kier molecular flexibility index (Phi) is 30.9. The van der Waals surface area contributed by atoms with Crippen LogP contribution >= 0.6 is 15.0 Å². The Morgan fingerprint density at radius 2 is 0.881 bits per heavy atom. The van der Waals surface area contributed by atoms with Crippen LogP contribution in [0.15, 0.2) is 158 Å². The molecule has 4 fully saturated rings. The lowest BCUT2D eigenvalue weighted by Crippen LogP contribution is -2.63. The number of ether oxygens (including phenoxy) is 9. The molecule has 12 rings (SSSR count). The van der Waals surface area contributed by atoms with Crippen LogP contribution in [-0.4, -0.2) is 127 Å². The van der Waals surface area contributed by atoms with Gasteiger partial charge in [0.1, 0.15) is 46.7 Å². The van der Waals surface area contributed by atoms with Crippen molar-refractivity contribution in [2.45, 2.75) is 274 Å². The number of nitrogens with one attached hydrogen (secondary N) is 2. The van der Waals surface area contributed by atoms with Crippen molar-refractivity contribution in [3.63, 3.8) is 0 Å². The highest BCUT2D eigenvalue weighted by Crippen LogP contribution is 2.56. The van der Waals surface area contributed by atoms with Gasteiger partial charge in [0.15, 0.2) is 24.3 Å². The molecule has 6 aromatic carbocycles. The summed E-state index contributed by atoms with van der Waals surface area (Å²) < 4.78 is 127. The predicted octanol–water partition coefficient (Wildman–Crippen LogP) is 23.6. The van der Waals surface area contributed by atoms with Crippen molar-refractivity contribution in [2.24, 2.45) is 21.7 Å². The molecule has 0 radical (unpaired) electrons. The van der Waals surface area contributed by atoms with Crippen molar-refractivity contribution >= 4 is 80.9 Å². The zero-order valence-corrected chi connectivity index (χ0v) is 79.6. The van der Waals surface area contributed by atoms with Gasteiger partial charge in [-0.2, -0.15) is 0 Å². The Balaban J connectivity index is 0.000000246. The highest BCUT2D eigenvalue weighted by Gasteiger charge is 2.60. The van der Waals surface area contributed by atoms with Crippen LogP contribution in [0.25, 0.3) is 56.2 Å². The smallest absolute Gasteiger partial charge is 0.354 e. The van der Waals surface area contributed by atoms with E-state index in [-0.39, 0.29) is 54.5 Å². The first-order chi connectivity index (χ1) is 59.0. The van der Waals surface area contributed by atoms with Crippen molar-refractivity contribution in [1.82, 2.24) is 20.1 Å². The zero-order valence-electron chi connectivity index (χ0n) is 76.9. The van der Waals surface area contributed by atoms with Crippen LogP contribution in [0.3, 0.4) is 0 Å². The molecule has 2 saturated carbocycles. The molecular formula is C99H128F2N4O18P2Si. The molecule has 680 valence electrons. The van der Waals surface area contributed by atoms with Crippen LogP contribution in [0.2, 0.25) is 25.7 Å². The van der Waals surface area contributed by atoms with E-state index in [0.717, 1.165) is 81.9 Å². The van der Waals surface area contributed by atoms with Crippen LogP contribution < -0.4 is 28.7 Å². The molecule has 8 aromatic rings. The lowest BCUT2D eigenvalue weighted by Gasteiger charge is -2.57. The second kappa shape index (κ2) is 39.9. The number of carbonyl (C=O) groups is 4. The van der Waals surface area contributed by atoms with E-state index in [1.807, 2.05) is 90.1 Å². The van der Waals surface area contributed by atoms with Crippen molar-refractivity contribution < 1.29 is 93.9 Å². The molecule has 22 nitrogen and oxygen atoms in total. The number of halogens is 2. The van der Waals surface area contributed by atoms with Crippen LogP contribution in [0.5, 0.6) is 23.0 Å². The summed E-state index contributed by atoms with van der Waals surface area (Å²) in [4.78, 5) is 61.4. The maximum absolute atomic E-state index is 14.6. The van der Waals surface area contributed by atoms with Gasteiger partial charge in [0.2, 0.25) is 0 Å². The summed E-state index contributed by atoms with van der Waals surface area (Å²) in [7, 11) is -9.20. The number of rotatable bonds is 33. The molecule has 4 aliphatic rings. The number of carbonyl (C=O) groups excluding carboxylic acids is 3. The molecule has 2 aromatic heterocycles. The number of nitrogens with zero attached hydrogens (tertiary/aromatic N) is 2. The average molecular weight is 1790 g/mol. The standard InChI is InChI=1S/C52H70FN2O9PSi.C47H58FN2O9P/c1-34(2)61-49(57)35(3)55-65(58,64-39-16-14-13-15-17-39)33-60-40-25-27-45-44(31-40)47(36-20-22-38(53)23-21-36)43(48(54-45)37-18-19-37)26-24-41-30-42(32-46(56)59-28-29-66(10,11)12)63-52(62-41,50(4,5)6)51(7,8)9;1-29(2)56-44(53)30(3)50-60(54,59-34-13-11-10-12-14-34)28-55-35-22-24-40-39(26-35)42(31-17-19-33(48)20-18-31)38(43(49-40)32-15-16-32)23-21-36-25-37(27-41(51)52)58-47(57-36,45(4,5)6)46(7,8)9/h13-17,20-27,31,34-35,37,41-42H,18-19,28-30,32-33H2,1-12H3,(H,55,58);10-14,17-24,26,29-30,32,36-37H,15-16,25,27-28H2,1-9H3,(H,50,54)(H,51,52)/b26-24+;23-21+/t35-,41+,42+,65?;30-,36+,37+,60?/m00/s1. The first-order valence-electron chi connectivity index (χ1n) is 43.8. The minimum absolute atomic E-state index is 0.0988. The van der Waals surface area contributed by atoms with E-state index < -0.39 is 123 Å². The van der Waals surface area contributed by atoms with Crippen molar-refractivity contribution in [3.8, 4) is 45.3 Å². The number of hydrogen-bond acceptors (Lipinski definition) is 19. The Bertz CT molecular complexity index is 5280. The Labute approximate surface area is 742 Å². The lowest BCUT2D eigenvalue weighted by molar-refractivity contribution is -0.389. The second-order valence-corrected chi connectivity index (χ2v) is 49.1. The maximum atomic E-state index is 14.6. The van der Waals surface area contributed by atoms with Gasteiger partial charge in [0.05, 0.1) is 78.5 Å². The van der Waals surface area contributed by atoms with E-state index in [4.69, 9.17) is 61.6 Å². The van der Waals surface area contributed by atoms with E-state index in [1.54, 1.807) is 126 Å². The third-order valence-corrected chi connectivity index (χ3v) is 27.5. The quantitative estimate of drug-likeness (QED) is 0.0149. The summed E-state index contributed by atoms with van der Waals surface area (Å²) in [6, 6.07) is 39.9. The van der Waals surface area contributed by atoms with Gasteiger partial charge in [-0.1, -0.05) is 188 Å². The van der Waals surface area contributed by atoms with Gasteiger partial charge < -0.3 is 56.8 Å². The Morgan fingerprint density at radius 1 is 0.516 bits per heavy atom. The summed E-state index contributed by atoms with van der Waals surface area (Å²) in [5.41, 5.74) is 6.02. The summed E-state index contributed by atoms with van der Waals surface area (Å²) in [5, 5.41) is 17.0. The SMILES string of the molecule is CC(C)OC(=O)[C@H](C)NP(=O)(COc1ccc2nc(C3CC3)c(/C=C/[C@@H]3C[C@H](CC(=O)O)OC(C(C)(C)C)(C(C)(C)C)O3)c(-c3ccc(F)cc3)c2c1)Oc1ccccc1.CC(C)OC(=O)[C@H](C)NP(=O)(COc1ccc2nc(C3CC3)c(/C=C/[C@@H]3C[C@H](CC(=O)OCC[Si](C)(C)C)OC(C(C)(C)C)(C(C)(C)C)O3)c(-c3ccc(F)cc3)c2c1)Oc1ccccc1. The summed E-state index contributed by atoms with van der Waals surface area (Å²) in [6.07, 6.45) is 9.01. The number of para-hydroxylation sites is 2. The fourth-order valence-electron chi connectivity index (χ4n) is 16.6. The molecule has 0 amide bonds. The minimum Gasteiger partial charge on any atom is -0.481 e. The first-order valence-corrected chi connectivity index (χ1v) is 51.2. The number of fused-ring (bicyclic) bond motifs is 2. The molecule has 3 N–H and O–H groups in total. The molecule has 27 heteroatoms. The third kappa shape index (κ3) is 25.1. The topological polar surface area (TPSA) is 274 Å². The molecule has 4 heterocycles. The van der Waals surface area contributed by atoms with Gasteiger partial charge in [0.25, 0.3) is 0 Å². The zero-order chi connectivity index (χ0) is 91.9. The van der Waals surface area contributed by atoms with Crippen LogP contribution in [-0.2, 0) is 61.5 Å². The van der Waals surface area contributed by atoms with Gasteiger partial charge in [-0.15, -0.1) is 0 Å². The fourth-order valence-corrected chi connectivity index (χ4v) is 20.6. The molecule has 2 aliphatic carbocycles. The van der Waals surface area contributed by atoms with Gasteiger partial charge in [-0.25, -0.2) is 19.0 Å². The van der Waals surface area contributed by atoms with Gasteiger partial charge in [-0.3, -0.25) is 38.3 Å². The van der Waals surface area contributed by atoms with E-state index >= 15 is 0 Å². The van der Waals surface area contributed by atoms with Crippen LogP contribution in [0.4, 0.5) is 8.78 Å². The molecule has 2 unspecified atom stereocenters. The highest BCUT2D eigenvalue weighted by molar-refractivity contribution is 7.57. The number of aromatic nitrogens is 2. The molecule has 2 saturated heterocycles. The van der Waals surface area contributed by atoms with E-state index in [1.165, 1.54) is 24.3 Å². The first kappa shape index (κ1) is 97.6. The monoisotopic (exact) mass is 1790 g/mol. The van der Waals surface area contributed by atoms with E-state index in [9.17, 15) is 42.2 Å². The summed E-state index contributed by atoms with van der Waals surface area (Å²) in [6.45, 7) is 42.1. The number of aliphatic carboxylic acids is 1. The number of hydrogen-bond donors (Lipinski definition) is 3. The molecule has 0 bridgehead atoms. The number of esters is 3. The summed E-state index contributed by atoms with van der Waals surface area (Å²) in [5.74, 6) is -3.49. The fraction of sp³-hybridized carbons (Fsp3) is 0.495.